The van der Waals surface area contributed by atoms with Crippen molar-refractivity contribution in [3.63, 3.8) is 0 Å². The average Bonchev–Trinajstić information content (AvgIpc) is 2.80. The van der Waals surface area contributed by atoms with Crippen LogP contribution in [0.25, 0.3) is 0 Å². The van der Waals surface area contributed by atoms with Crippen LogP contribution in [0.5, 0.6) is 0 Å². The number of hydrogen-bond acceptors (Lipinski definition) is 2. The minimum Gasteiger partial charge on any atom is -0.315 e. The molecule has 2 aliphatic heterocycles. The summed E-state index contributed by atoms with van der Waals surface area (Å²) >= 11 is 0. The van der Waals surface area contributed by atoms with E-state index in [1.54, 1.807) is 0 Å². The molecule has 3 rings (SSSR count). The van der Waals surface area contributed by atoms with E-state index < -0.39 is 0 Å². The molecule has 0 unspecified atom stereocenters. The fraction of sp³-hybridized carbons (Fsp3) is 0.571. The number of likely N-dealkylation sites (tertiary alicyclic amines) is 1. The monoisotopic (exact) mass is 216 g/mol. The Morgan fingerprint density at radius 3 is 2.94 bits per heavy atom. The van der Waals surface area contributed by atoms with Gasteiger partial charge in [-0.25, -0.2) is 0 Å². The van der Waals surface area contributed by atoms with Gasteiger partial charge in [-0.15, -0.1) is 0 Å². The molecule has 2 aliphatic rings. The lowest BCUT2D eigenvalue weighted by molar-refractivity contribution is 0.117. The first-order valence-electron chi connectivity index (χ1n) is 6.42. The summed E-state index contributed by atoms with van der Waals surface area (Å²) in [7, 11) is 0. The van der Waals surface area contributed by atoms with Crippen LogP contribution in [0.3, 0.4) is 0 Å². The number of benzene rings is 1. The second-order valence-electron chi connectivity index (χ2n) is 5.08. The summed E-state index contributed by atoms with van der Waals surface area (Å²) < 4.78 is 0. The smallest absolute Gasteiger partial charge is 0.0264 e. The molecule has 0 spiro atoms. The lowest BCUT2D eigenvalue weighted by atomic mass is 9.92. The minimum atomic E-state index is 0.786. The molecule has 86 valence electrons. The van der Waals surface area contributed by atoms with Gasteiger partial charge in [0.05, 0.1) is 0 Å². The highest BCUT2D eigenvalue weighted by molar-refractivity contribution is 5.15. The molecule has 0 aliphatic carbocycles. The third kappa shape index (κ3) is 2.00. The van der Waals surface area contributed by atoms with Gasteiger partial charge in [0, 0.05) is 19.1 Å². The molecule has 0 aromatic heterocycles. The Labute approximate surface area is 97.6 Å². The molecular formula is C14H20N2. The first-order chi connectivity index (χ1) is 7.93. The molecule has 16 heavy (non-hydrogen) atoms. The summed E-state index contributed by atoms with van der Waals surface area (Å²) in [6.07, 6.45) is 2.79. The third-order valence-electron chi connectivity index (χ3n) is 4.02. The van der Waals surface area contributed by atoms with Crippen LogP contribution in [0.2, 0.25) is 0 Å². The molecule has 2 fully saturated rings. The van der Waals surface area contributed by atoms with Crippen LogP contribution in [-0.2, 0) is 6.54 Å². The van der Waals surface area contributed by atoms with Gasteiger partial charge in [-0.05, 0) is 37.4 Å². The van der Waals surface area contributed by atoms with Gasteiger partial charge in [-0.1, -0.05) is 30.3 Å². The molecule has 2 heterocycles. The molecule has 1 aromatic carbocycles. The summed E-state index contributed by atoms with van der Waals surface area (Å²) in [5, 5.41) is 3.54. The van der Waals surface area contributed by atoms with Gasteiger partial charge in [-0.3, -0.25) is 4.90 Å². The number of hydrogen-bond donors (Lipinski definition) is 1. The van der Waals surface area contributed by atoms with E-state index in [1.807, 2.05) is 0 Å². The summed E-state index contributed by atoms with van der Waals surface area (Å²) in [6.45, 7) is 4.83. The zero-order valence-corrected chi connectivity index (χ0v) is 9.73. The Hall–Kier alpha value is -0.860. The molecule has 0 amide bonds. The topological polar surface area (TPSA) is 15.3 Å². The van der Waals surface area contributed by atoms with Crippen LogP contribution in [0, 0.1) is 5.92 Å². The Morgan fingerprint density at radius 1 is 1.19 bits per heavy atom. The summed E-state index contributed by atoms with van der Waals surface area (Å²) in [6, 6.07) is 11.7. The lowest BCUT2D eigenvalue weighted by Gasteiger charge is -2.37. The summed E-state index contributed by atoms with van der Waals surface area (Å²) in [4.78, 5) is 2.67. The first kappa shape index (κ1) is 10.3. The Kier molecular flexibility index (Phi) is 2.94. The van der Waals surface area contributed by atoms with E-state index in [-0.39, 0.29) is 0 Å². The number of rotatable bonds is 2. The standard InChI is InChI=1S/C14H20N2/c1-2-5-12(6-3-1)11-16-8-4-7-13-9-15-10-14(13)16/h1-3,5-6,13-15H,4,7-11H2/t13-,14+/m0/s1. The maximum Gasteiger partial charge on any atom is 0.0264 e. The molecule has 2 atom stereocenters. The molecule has 2 saturated heterocycles. The van der Waals surface area contributed by atoms with Crippen molar-refractivity contribution in [2.45, 2.75) is 25.4 Å². The van der Waals surface area contributed by atoms with E-state index >= 15 is 0 Å². The van der Waals surface area contributed by atoms with Crippen LogP contribution in [-0.4, -0.2) is 30.6 Å². The molecular weight excluding hydrogens is 196 g/mol. The molecule has 1 aromatic rings. The Morgan fingerprint density at radius 2 is 2.06 bits per heavy atom. The zero-order chi connectivity index (χ0) is 10.8. The molecule has 0 bridgehead atoms. The molecule has 0 saturated carbocycles. The number of piperidine rings is 1. The van der Waals surface area contributed by atoms with Gasteiger partial charge in [0.1, 0.15) is 0 Å². The molecule has 2 nitrogen and oxygen atoms in total. The summed E-state index contributed by atoms with van der Waals surface area (Å²) in [5.41, 5.74) is 1.45. The van der Waals surface area contributed by atoms with Crippen molar-refractivity contribution >= 4 is 0 Å². The van der Waals surface area contributed by atoms with E-state index in [9.17, 15) is 0 Å². The Bertz CT molecular complexity index is 336. The summed E-state index contributed by atoms with van der Waals surface area (Å²) in [5.74, 6) is 0.900. The fourth-order valence-corrected chi connectivity index (χ4v) is 3.18. The third-order valence-corrected chi connectivity index (χ3v) is 4.02. The van der Waals surface area contributed by atoms with Crippen LogP contribution in [0.4, 0.5) is 0 Å². The quantitative estimate of drug-likeness (QED) is 0.812. The number of nitrogens with one attached hydrogen (secondary N) is 1. The van der Waals surface area contributed by atoms with Crippen molar-refractivity contribution in [2.24, 2.45) is 5.92 Å². The van der Waals surface area contributed by atoms with Crippen molar-refractivity contribution in [3.05, 3.63) is 35.9 Å². The van der Waals surface area contributed by atoms with Gasteiger partial charge in [0.2, 0.25) is 0 Å². The van der Waals surface area contributed by atoms with Gasteiger partial charge in [0.25, 0.3) is 0 Å². The van der Waals surface area contributed by atoms with Crippen LogP contribution >= 0.6 is 0 Å². The highest BCUT2D eigenvalue weighted by atomic mass is 15.2. The van der Waals surface area contributed by atoms with Gasteiger partial charge in [0.15, 0.2) is 0 Å². The van der Waals surface area contributed by atoms with E-state index in [0.717, 1.165) is 18.5 Å². The molecule has 1 N–H and O–H groups in total. The SMILES string of the molecule is c1ccc(CN2CCC[C@H]3CNC[C@H]32)cc1. The van der Waals surface area contributed by atoms with E-state index in [0.29, 0.717) is 0 Å². The van der Waals surface area contributed by atoms with Gasteiger partial charge in [-0.2, -0.15) is 0 Å². The van der Waals surface area contributed by atoms with Crippen molar-refractivity contribution in [1.82, 2.24) is 10.2 Å². The lowest BCUT2D eigenvalue weighted by Crippen LogP contribution is -2.44. The second kappa shape index (κ2) is 4.56. The van der Waals surface area contributed by atoms with Crippen LogP contribution in [0.1, 0.15) is 18.4 Å². The van der Waals surface area contributed by atoms with Crippen LogP contribution in [0.15, 0.2) is 30.3 Å². The maximum atomic E-state index is 3.54. The van der Waals surface area contributed by atoms with Crippen molar-refractivity contribution in [1.29, 1.82) is 0 Å². The van der Waals surface area contributed by atoms with E-state index in [4.69, 9.17) is 0 Å². The number of nitrogens with zero attached hydrogens (tertiary/aromatic N) is 1. The minimum absolute atomic E-state index is 0.786. The normalized spacial score (nSPS) is 30.2. The highest BCUT2D eigenvalue weighted by Crippen LogP contribution is 2.27. The Balaban J connectivity index is 1.70. The van der Waals surface area contributed by atoms with Gasteiger partial charge < -0.3 is 5.32 Å². The van der Waals surface area contributed by atoms with Crippen molar-refractivity contribution in [2.75, 3.05) is 19.6 Å². The predicted molar refractivity (Wildman–Crippen MR) is 66.2 cm³/mol. The second-order valence-corrected chi connectivity index (χ2v) is 5.08. The van der Waals surface area contributed by atoms with Crippen molar-refractivity contribution in [3.8, 4) is 0 Å². The highest BCUT2D eigenvalue weighted by Gasteiger charge is 2.34. The average molecular weight is 216 g/mol. The largest absolute Gasteiger partial charge is 0.315 e. The maximum absolute atomic E-state index is 3.54. The zero-order valence-electron chi connectivity index (χ0n) is 9.73. The number of fused-ring (bicyclic) bond motifs is 1. The fourth-order valence-electron chi connectivity index (χ4n) is 3.18. The van der Waals surface area contributed by atoms with Crippen molar-refractivity contribution < 1.29 is 0 Å². The molecule has 0 radical (unpaired) electrons. The predicted octanol–water partition coefficient (Wildman–Crippen LogP) is 1.87. The first-order valence-corrected chi connectivity index (χ1v) is 6.42. The van der Waals surface area contributed by atoms with E-state index in [2.05, 4.69) is 40.5 Å². The molecule has 2 heteroatoms. The van der Waals surface area contributed by atoms with E-state index in [1.165, 1.54) is 38.0 Å². The van der Waals surface area contributed by atoms with Crippen LogP contribution < -0.4 is 5.32 Å². The van der Waals surface area contributed by atoms with Gasteiger partial charge >= 0.3 is 0 Å².